The summed E-state index contributed by atoms with van der Waals surface area (Å²) in [4.78, 5) is 0. The monoisotopic (exact) mass is 208 g/mol. The standard InChI is InChI=1S/C12H16O3/c1-15-12-4-2-3-9-10(12)5-8(7-13)6-11(9)14/h2-4,8,11,13-14H,5-7H2,1H3. The molecule has 1 aromatic rings. The van der Waals surface area contributed by atoms with Crippen molar-refractivity contribution in [2.75, 3.05) is 13.7 Å². The summed E-state index contributed by atoms with van der Waals surface area (Å²) in [6, 6.07) is 5.71. The number of hydrogen-bond donors (Lipinski definition) is 2. The van der Waals surface area contributed by atoms with Crippen LogP contribution < -0.4 is 4.74 Å². The van der Waals surface area contributed by atoms with Crippen molar-refractivity contribution in [2.45, 2.75) is 18.9 Å². The van der Waals surface area contributed by atoms with Gasteiger partial charge in [-0.2, -0.15) is 0 Å². The number of hydrogen-bond acceptors (Lipinski definition) is 3. The molecule has 0 fully saturated rings. The molecule has 1 aliphatic rings. The van der Waals surface area contributed by atoms with Gasteiger partial charge in [-0.15, -0.1) is 0 Å². The molecule has 0 aliphatic heterocycles. The fourth-order valence-corrected chi connectivity index (χ4v) is 2.26. The Balaban J connectivity index is 2.40. The van der Waals surface area contributed by atoms with Crippen LogP contribution in [-0.2, 0) is 6.42 Å². The van der Waals surface area contributed by atoms with Crippen molar-refractivity contribution in [3.05, 3.63) is 29.3 Å². The minimum Gasteiger partial charge on any atom is -0.496 e. The van der Waals surface area contributed by atoms with E-state index in [-0.39, 0.29) is 12.5 Å². The van der Waals surface area contributed by atoms with E-state index in [0.717, 1.165) is 23.3 Å². The Hall–Kier alpha value is -1.06. The zero-order valence-electron chi connectivity index (χ0n) is 8.81. The molecule has 2 atom stereocenters. The fourth-order valence-electron chi connectivity index (χ4n) is 2.26. The van der Waals surface area contributed by atoms with E-state index >= 15 is 0 Å². The minimum absolute atomic E-state index is 0.120. The molecule has 2 N–H and O–H groups in total. The topological polar surface area (TPSA) is 49.7 Å². The predicted octanol–water partition coefficient (Wildman–Crippen LogP) is 1.28. The number of benzene rings is 1. The third-order valence-corrected chi connectivity index (χ3v) is 3.06. The van der Waals surface area contributed by atoms with Crippen LogP contribution in [-0.4, -0.2) is 23.9 Å². The second kappa shape index (κ2) is 4.21. The highest BCUT2D eigenvalue weighted by Crippen LogP contribution is 2.37. The predicted molar refractivity (Wildman–Crippen MR) is 56.9 cm³/mol. The Morgan fingerprint density at radius 3 is 2.93 bits per heavy atom. The van der Waals surface area contributed by atoms with Gasteiger partial charge < -0.3 is 14.9 Å². The number of ether oxygens (including phenoxy) is 1. The maximum absolute atomic E-state index is 9.92. The molecule has 0 heterocycles. The van der Waals surface area contributed by atoms with Gasteiger partial charge in [0.1, 0.15) is 5.75 Å². The third-order valence-electron chi connectivity index (χ3n) is 3.06. The summed E-state index contributed by atoms with van der Waals surface area (Å²) >= 11 is 0. The molecule has 0 radical (unpaired) electrons. The van der Waals surface area contributed by atoms with Gasteiger partial charge in [-0.25, -0.2) is 0 Å². The highest BCUT2D eigenvalue weighted by molar-refractivity contribution is 5.43. The van der Waals surface area contributed by atoms with E-state index in [1.807, 2.05) is 18.2 Å². The summed E-state index contributed by atoms with van der Waals surface area (Å²) in [5, 5.41) is 19.1. The SMILES string of the molecule is COc1cccc2c1CC(CO)CC2O. The van der Waals surface area contributed by atoms with E-state index in [2.05, 4.69) is 0 Å². The Morgan fingerprint density at radius 2 is 2.27 bits per heavy atom. The van der Waals surface area contributed by atoms with Crippen LogP contribution in [0.2, 0.25) is 0 Å². The average molecular weight is 208 g/mol. The average Bonchev–Trinajstić information content (AvgIpc) is 2.28. The largest absolute Gasteiger partial charge is 0.496 e. The summed E-state index contributed by atoms with van der Waals surface area (Å²) in [5.74, 6) is 0.952. The molecular formula is C12H16O3. The molecule has 0 aromatic heterocycles. The molecule has 0 saturated heterocycles. The van der Waals surface area contributed by atoms with Gasteiger partial charge in [-0.1, -0.05) is 12.1 Å². The first kappa shape index (κ1) is 10.5. The lowest BCUT2D eigenvalue weighted by Crippen LogP contribution is -2.21. The van der Waals surface area contributed by atoms with Gasteiger partial charge in [0.15, 0.2) is 0 Å². The molecule has 2 rings (SSSR count). The molecule has 3 heteroatoms. The molecule has 0 saturated carbocycles. The molecule has 15 heavy (non-hydrogen) atoms. The third kappa shape index (κ3) is 1.85. The highest BCUT2D eigenvalue weighted by Gasteiger charge is 2.27. The van der Waals surface area contributed by atoms with Crippen molar-refractivity contribution in [1.82, 2.24) is 0 Å². The van der Waals surface area contributed by atoms with Crippen molar-refractivity contribution in [2.24, 2.45) is 5.92 Å². The Kier molecular flexibility index (Phi) is 2.93. The number of fused-ring (bicyclic) bond motifs is 1. The van der Waals surface area contributed by atoms with Gasteiger partial charge in [-0.05, 0) is 30.4 Å². The van der Waals surface area contributed by atoms with Crippen LogP contribution in [0.5, 0.6) is 5.75 Å². The van der Waals surface area contributed by atoms with Crippen molar-refractivity contribution < 1.29 is 14.9 Å². The Labute approximate surface area is 89.3 Å². The van der Waals surface area contributed by atoms with Crippen LogP contribution in [0.1, 0.15) is 23.7 Å². The van der Waals surface area contributed by atoms with E-state index < -0.39 is 6.10 Å². The molecule has 2 unspecified atom stereocenters. The van der Waals surface area contributed by atoms with Crippen LogP contribution in [0, 0.1) is 5.92 Å². The minimum atomic E-state index is -0.471. The van der Waals surface area contributed by atoms with E-state index in [1.165, 1.54) is 0 Å². The fraction of sp³-hybridized carbons (Fsp3) is 0.500. The van der Waals surface area contributed by atoms with Crippen LogP contribution in [0.3, 0.4) is 0 Å². The molecule has 0 spiro atoms. The van der Waals surface area contributed by atoms with Crippen molar-refractivity contribution >= 4 is 0 Å². The van der Waals surface area contributed by atoms with Gasteiger partial charge in [0.05, 0.1) is 13.2 Å². The van der Waals surface area contributed by atoms with Crippen LogP contribution >= 0.6 is 0 Å². The number of rotatable bonds is 2. The van der Waals surface area contributed by atoms with Gasteiger partial charge in [-0.3, -0.25) is 0 Å². The van der Waals surface area contributed by atoms with E-state index in [0.29, 0.717) is 6.42 Å². The van der Waals surface area contributed by atoms with Gasteiger partial charge >= 0.3 is 0 Å². The first-order valence-electron chi connectivity index (χ1n) is 5.21. The van der Waals surface area contributed by atoms with E-state index in [1.54, 1.807) is 7.11 Å². The van der Waals surface area contributed by atoms with Crippen LogP contribution in [0.4, 0.5) is 0 Å². The van der Waals surface area contributed by atoms with Crippen molar-refractivity contribution in [3.8, 4) is 5.75 Å². The molecule has 0 amide bonds. The lowest BCUT2D eigenvalue weighted by atomic mass is 9.82. The molecule has 1 aromatic carbocycles. The van der Waals surface area contributed by atoms with Crippen molar-refractivity contribution in [3.63, 3.8) is 0 Å². The normalized spacial score (nSPS) is 24.7. The number of methoxy groups -OCH3 is 1. The summed E-state index contributed by atoms with van der Waals surface area (Å²) in [6.45, 7) is 0.120. The van der Waals surface area contributed by atoms with Gasteiger partial charge in [0.25, 0.3) is 0 Å². The second-order valence-electron chi connectivity index (χ2n) is 4.03. The number of aliphatic hydroxyl groups excluding tert-OH is 2. The maximum atomic E-state index is 9.92. The smallest absolute Gasteiger partial charge is 0.122 e. The Morgan fingerprint density at radius 1 is 1.47 bits per heavy atom. The first-order valence-corrected chi connectivity index (χ1v) is 5.21. The Bertz CT molecular complexity index is 349. The quantitative estimate of drug-likeness (QED) is 0.769. The number of aliphatic hydroxyl groups is 2. The van der Waals surface area contributed by atoms with E-state index in [4.69, 9.17) is 9.84 Å². The molecular weight excluding hydrogens is 192 g/mol. The summed E-state index contributed by atoms with van der Waals surface area (Å²) in [7, 11) is 1.63. The zero-order valence-corrected chi connectivity index (χ0v) is 8.81. The lowest BCUT2D eigenvalue weighted by Gasteiger charge is -2.28. The summed E-state index contributed by atoms with van der Waals surface area (Å²) in [5.41, 5.74) is 1.98. The molecule has 1 aliphatic carbocycles. The molecule has 0 bridgehead atoms. The van der Waals surface area contributed by atoms with Crippen LogP contribution in [0.15, 0.2) is 18.2 Å². The second-order valence-corrected chi connectivity index (χ2v) is 4.03. The van der Waals surface area contributed by atoms with Gasteiger partial charge in [0.2, 0.25) is 0 Å². The van der Waals surface area contributed by atoms with Crippen LogP contribution in [0.25, 0.3) is 0 Å². The molecule has 82 valence electrons. The summed E-state index contributed by atoms with van der Waals surface area (Å²) < 4.78 is 5.26. The van der Waals surface area contributed by atoms with Gasteiger partial charge in [0, 0.05) is 12.2 Å². The van der Waals surface area contributed by atoms with E-state index in [9.17, 15) is 5.11 Å². The first-order chi connectivity index (χ1) is 7.26. The van der Waals surface area contributed by atoms with Crippen molar-refractivity contribution in [1.29, 1.82) is 0 Å². The molecule has 3 nitrogen and oxygen atoms in total. The highest BCUT2D eigenvalue weighted by atomic mass is 16.5. The zero-order chi connectivity index (χ0) is 10.8. The lowest BCUT2D eigenvalue weighted by molar-refractivity contribution is 0.103. The maximum Gasteiger partial charge on any atom is 0.122 e. The summed E-state index contributed by atoms with van der Waals surface area (Å²) in [6.07, 6.45) is 0.949.